The van der Waals surface area contributed by atoms with Gasteiger partial charge in [-0.15, -0.1) is 23.7 Å². The number of thiophene rings is 1. The molecule has 0 bridgehead atoms. The first-order valence-electron chi connectivity index (χ1n) is 7.27. The largest absolute Gasteiger partial charge is 0.355 e. The summed E-state index contributed by atoms with van der Waals surface area (Å²) < 4.78 is 5.91. The summed E-state index contributed by atoms with van der Waals surface area (Å²) in [4.78, 5) is 13.1. The number of hydrogen-bond donors (Lipinski definition) is 2. The van der Waals surface area contributed by atoms with Gasteiger partial charge in [-0.1, -0.05) is 23.7 Å². The van der Waals surface area contributed by atoms with Gasteiger partial charge in [0.05, 0.1) is 9.21 Å². The summed E-state index contributed by atoms with van der Waals surface area (Å²) in [7, 11) is 0. The summed E-state index contributed by atoms with van der Waals surface area (Å²) in [5.41, 5.74) is 0.450. The van der Waals surface area contributed by atoms with Crippen LogP contribution in [0.5, 0.6) is 0 Å². The highest BCUT2D eigenvalue weighted by atomic mass is 35.5. The predicted molar refractivity (Wildman–Crippen MR) is 94.6 cm³/mol. The fraction of sp³-hybridized carbons (Fsp3) is 0.467. The van der Waals surface area contributed by atoms with Crippen LogP contribution in [-0.2, 0) is 0 Å². The molecule has 0 spiro atoms. The Balaban J connectivity index is 0.00000192. The van der Waals surface area contributed by atoms with E-state index < -0.39 is 0 Å². The molecule has 126 valence electrons. The van der Waals surface area contributed by atoms with E-state index in [2.05, 4.69) is 22.7 Å². The van der Waals surface area contributed by atoms with E-state index >= 15 is 0 Å². The molecular weight excluding hydrogens is 357 g/mol. The van der Waals surface area contributed by atoms with Gasteiger partial charge in [-0.25, -0.2) is 0 Å². The van der Waals surface area contributed by atoms with Crippen LogP contribution >= 0.6 is 35.3 Å². The number of carbonyl (C=O) groups is 1. The molecule has 0 aromatic carbocycles. The van der Waals surface area contributed by atoms with Gasteiger partial charge in [0.2, 0.25) is 0 Å². The van der Waals surface area contributed by atoms with E-state index in [1.807, 2.05) is 6.07 Å². The molecule has 2 aromatic heterocycles. The van der Waals surface area contributed by atoms with Crippen molar-refractivity contribution in [2.75, 3.05) is 19.6 Å². The number of hydrogen-bond acceptors (Lipinski definition) is 5. The van der Waals surface area contributed by atoms with Gasteiger partial charge in [-0.2, -0.15) is 0 Å². The van der Waals surface area contributed by atoms with Gasteiger partial charge in [-0.05, 0) is 43.5 Å². The Morgan fingerprint density at radius 1 is 1.48 bits per heavy atom. The topological polar surface area (TPSA) is 67.2 Å². The lowest BCUT2D eigenvalue weighted by molar-refractivity contribution is 0.0913. The average Bonchev–Trinajstić information content (AvgIpc) is 3.14. The van der Waals surface area contributed by atoms with Crippen molar-refractivity contribution < 1.29 is 9.32 Å². The quantitative estimate of drug-likeness (QED) is 0.856. The summed E-state index contributed by atoms with van der Waals surface area (Å²) >= 11 is 7.30. The Morgan fingerprint density at radius 2 is 2.22 bits per heavy atom. The van der Waals surface area contributed by atoms with Crippen molar-refractivity contribution in [2.24, 2.45) is 5.41 Å². The fourth-order valence-electron chi connectivity index (χ4n) is 2.54. The summed E-state index contributed by atoms with van der Waals surface area (Å²) in [6.07, 6.45) is 2.12. The number of carbonyl (C=O) groups excluding carboxylic acids is 1. The van der Waals surface area contributed by atoms with Crippen LogP contribution < -0.4 is 10.6 Å². The van der Waals surface area contributed by atoms with Crippen molar-refractivity contribution in [1.82, 2.24) is 15.8 Å². The lowest BCUT2D eigenvalue weighted by Crippen LogP contribution is -2.42. The Hall–Kier alpha value is -1.08. The molecule has 0 unspecified atom stereocenters. The standard InChI is InChI=1S/C15H18ClN3O2S.ClH/c1-15(4-6-17-7-5-15)9-18-14(20)10-8-11(21-19-10)12-2-3-13(16)22-12;/h2-3,8,17H,4-7,9H2,1H3,(H,18,20);1H. The van der Waals surface area contributed by atoms with Gasteiger partial charge in [-0.3, -0.25) is 4.79 Å². The zero-order chi connectivity index (χ0) is 15.6. The Bertz CT molecular complexity index is 665. The third kappa shape index (κ3) is 4.47. The molecule has 2 N–H and O–H groups in total. The highest BCUT2D eigenvalue weighted by Crippen LogP contribution is 2.31. The van der Waals surface area contributed by atoms with Crippen LogP contribution in [0, 0.1) is 5.41 Å². The van der Waals surface area contributed by atoms with E-state index in [0.29, 0.717) is 22.3 Å². The maximum Gasteiger partial charge on any atom is 0.273 e. The molecule has 3 heterocycles. The van der Waals surface area contributed by atoms with E-state index in [0.717, 1.165) is 30.8 Å². The van der Waals surface area contributed by atoms with Crippen LogP contribution in [-0.4, -0.2) is 30.7 Å². The Morgan fingerprint density at radius 3 is 2.87 bits per heavy atom. The van der Waals surface area contributed by atoms with Crippen molar-refractivity contribution in [3.63, 3.8) is 0 Å². The second kappa shape index (κ2) is 7.66. The third-order valence-electron chi connectivity index (χ3n) is 4.05. The molecule has 1 aliphatic rings. The van der Waals surface area contributed by atoms with Crippen molar-refractivity contribution in [3.8, 4) is 10.6 Å². The molecule has 8 heteroatoms. The molecule has 0 saturated carbocycles. The molecule has 1 fully saturated rings. The molecule has 2 aromatic rings. The summed E-state index contributed by atoms with van der Waals surface area (Å²) in [6, 6.07) is 5.30. The normalized spacial score (nSPS) is 16.6. The minimum Gasteiger partial charge on any atom is -0.355 e. The first-order chi connectivity index (χ1) is 10.6. The van der Waals surface area contributed by atoms with Crippen molar-refractivity contribution in [1.29, 1.82) is 0 Å². The number of rotatable bonds is 4. The van der Waals surface area contributed by atoms with E-state index in [1.54, 1.807) is 12.1 Å². The molecule has 1 aliphatic heterocycles. The van der Waals surface area contributed by atoms with Crippen molar-refractivity contribution in [3.05, 3.63) is 28.2 Å². The smallest absolute Gasteiger partial charge is 0.273 e. The molecule has 23 heavy (non-hydrogen) atoms. The molecule has 0 aliphatic carbocycles. The SMILES string of the molecule is CC1(CNC(=O)c2cc(-c3ccc(Cl)s3)on2)CCNCC1.Cl. The number of halogens is 2. The average molecular weight is 376 g/mol. The molecule has 0 atom stereocenters. The van der Waals surface area contributed by atoms with Gasteiger partial charge < -0.3 is 15.2 Å². The van der Waals surface area contributed by atoms with E-state index in [1.165, 1.54) is 11.3 Å². The number of nitrogens with one attached hydrogen (secondary N) is 2. The fourth-order valence-corrected chi connectivity index (χ4v) is 3.53. The number of nitrogens with zero attached hydrogens (tertiary/aromatic N) is 1. The maximum absolute atomic E-state index is 12.2. The molecular formula is C15H19Cl2N3O2S. The molecule has 0 radical (unpaired) electrons. The van der Waals surface area contributed by atoms with Gasteiger partial charge in [0, 0.05) is 12.6 Å². The zero-order valence-corrected chi connectivity index (χ0v) is 15.1. The van der Waals surface area contributed by atoms with Gasteiger partial charge in [0.25, 0.3) is 5.91 Å². The minimum atomic E-state index is -0.197. The first-order valence-corrected chi connectivity index (χ1v) is 8.47. The lowest BCUT2D eigenvalue weighted by atomic mass is 9.81. The lowest BCUT2D eigenvalue weighted by Gasteiger charge is -2.33. The molecule has 5 nitrogen and oxygen atoms in total. The highest BCUT2D eigenvalue weighted by molar-refractivity contribution is 7.19. The summed E-state index contributed by atoms with van der Waals surface area (Å²) in [6.45, 7) is 4.86. The maximum atomic E-state index is 12.2. The number of amides is 1. The third-order valence-corrected chi connectivity index (χ3v) is 5.29. The zero-order valence-electron chi connectivity index (χ0n) is 12.7. The van der Waals surface area contributed by atoms with Gasteiger partial charge in [0.1, 0.15) is 0 Å². The van der Waals surface area contributed by atoms with Gasteiger partial charge >= 0.3 is 0 Å². The van der Waals surface area contributed by atoms with Crippen LogP contribution in [0.3, 0.4) is 0 Å². The Kier molecular flexibility index (Phi) is 6.08. The first kappa shape index (κ1) is 18.3. The summed E-state index contributed by atoms with van der Waals surface area (Å²) in [5, 5.41) is 10.2. The highest BCUT2D eigenvalue weighted by Gasteiger charge is 2.27. The van der Waals surface area contributed by atoms with Gasteiger partial charge in [0.15, 0.2) is 11.5 Å². The van der Waals surface area contributed by atoms with Crippen LogP contribution in [0.4, 0.5) is 0 Å². The van der Waals surface area contributed by atoms with Crippen molar-refractivity contribution >= 4 is 41.3 Å². The molecule has 1 saturated heterocycles. The van der Waals surface area contributed by atoms with E-state index in [9.17, 15) is 4.79 Å². The summed E-state index contributed by atoms with van der Waals surface area (Å²) in [5.74, 6) is 0.368. The van der Waals surface area contributed by atoms with E-state index in [4.69, 9.17) is 16.1 Å². The molecule has 3 rings (SSSR count). The van der Waals surface area contributed by atoms with Crippen LogP contribution in [0.15, 0.2) is 22.7 Å². The second-order valence-electron chi connectivity index (χ2n) is 5.92. The predicted octanol–water partition coefficient (Wildman–Crippen LogP) is 3.60. The van der Waals surface area contributed by atoms with Crippen molar-refractivity contribution in [2.45, 2.75) is 19.8 Å². The van der Waals surface area contributed by atoms with Crippen LogP contribution in [0.2, 0.25) is 4.34 Å². The molecule has 1 amide bonds. The number of aromatic nitrogens is 1. The van der Waals surface area contributed by atoms with Crippen LogP contribution in [0.1, 0.15) is 30.3 Å². The van der Waals surface area contributed by atoms with E-state index in [-0.39, 0.29) is 23.7 Å². The second-order valence-corrected chi connectivity index (χ2v) is 7.64. The minimum absolute atomic E-state index is 0. The monoisotopic (exact) mass is 375 g/mol. The number of piperidine rings is 1. The van der Waals surface area contributed by atoms with Crippen LogP contribution in [0.25, 0.3) is 10.6 Å². The Labute approximate surface area is 150 Å².